The molecule has 2 amide bonds. The Balaban J connectivity index is 1.57. The van der Waals surface area contributed by atoms with Crippen molar-refractivity contribution in [3.05, 3.63) is 76.7 Å². The van der Waals surface area contributed by atoms with Crippen LogP contribution in [0.25, 0.3) is 10.8 Å². The molecule has 1 atom stereocenters. The van der Waals surface area contributed by atoms with Crippen LogP contribution in [-0.2, 0) is 14.3 Å². The maximum Gasteiger partial charge on any atom is 0.358 e. The highest BCUT2D eigenvalue weighted by atomic mass is 32.1. The van der Waals surface area contributed by atoms with Crippen molar-refractivity contribution in [1.82, 2.24) is 25.6 Å². The van der Waals surface area contributed by atoms with E-state index in [0.717, 1.165) is 0 Å². The Morgan fingerprint density at radius 1 is 1.06 bits per heavy atom. The smallest absolute Gasteiger partial charge is 0.358 e. The van der Waals surface area contributed by atoms with E-state index in [1.807, 2.05) is 6.07 Å². The summed E-state index contributed by atoms with van der Waals surface area (Å²) >= 11 is 1.20. The van der Waals surface area contributed by atoms with E-state index in [0.29, 0.717) is 16.4 Å². The molecule has 2 aromatic heterocycles. The second-order valence-corrected chi connectivity index (χ2v) is 7.60. The highest BCUT2D eigenvalue weighted by Crippen LogP contribution is 2.28. The molecule has 11 heteroatoms. The summed E-state index contributed by atoms with van der Waals surface area (Å²) < 4.78 is 10.6. The second kappa shape index (κ2) is 10.0. The summed E-state index contributed by atoms with van der Waals surface area (Å²) in [6.45, 7) is 1.48. The number of amides is 2. The minimum absolute atomic E-state index is 0.0700. The molecular weight excluding hydrogens is 446 g/mol. The van der Waals surface area contributed by atoms with E-state index in [9.17, 15) is 14.4 Å². The molecule has 3 aromatic rings. The second-order valence-electron chi connectivity index (χ2n) is 6.74. The fourth-order valence-corrected chi connectivity index (χ4v) is 3.90. The van der Waals surface area contributed by atoms with Crippen LogP contribution in [0.15, 0.2) is 65.4 Å². The highest BCUT2D eigenvalue weighted by Gasteiger charge is 2.34. The van der Waals surface area contributed by atoms with Crippen LogP contribution in [0.2, 0.25) is 0 Å². The zero-order valence-electron chi connectivity index (χ0n) is 17.5. The number of urea groups is 1. The lowest BCUT2D eigenvalue weighted by atomic mass is 9.95. The largest absolute Gasteiger partial charge is 0.463 e. The molecule has 1 unspecified atom stereocenters. The lowest BCUT2D eigenvalue weighted by Crippen LogP contribution is -2.47. The molecule has 1 aromatic carbocycles. The molecule has 0 saturated heterocycles. The van der Waals surface area contributed by atoms with Gasteiger partial charge in [0, 0.05) is 17.8 Å². The molecule has 3 heterocycles. The quantitative estimate of drug-likeness (QED) is 0.509. The molecule has 10 nitrogen and oxygen atoms in total. The summed E-state index contributed by atoms with van der Waals surface area (Å²) in [6.07, 6.45) is 3.15. The summed E-state index contributed by atoms with van der Waals surface area (Å²) in [5.74, 6) is -0.944. The number of esters is 2. The maximum atomic E-state index is 12.7. The summed E-state index contributed by atoms with van der Waals surface area (Å²) in [6, 6.07) is 9.37. The van der Waals surface area contributed by atoms with Gasteiger partial charge in [-0.2, -0.15) is 0 Å². The van der Waals surface area contributed by atoms with Gasteiger partial charge in [0.2, 0.25) is 0 Å². The minimum atomic E-state index is -0.756. The molecule has 0 bridgehead atoms. The first kappa shape index (κ1) is 22.1. The van der Waals surface area contributed by atoms with Crippen LogP contribution in [0.1, 0.15) is 29.0 Å². The normalized spacial score (nSPS) is 15.4. The third kappa shape index (κ3) is 5.04. The van der Waals surface area contributed by atoms with Crippen LogP contribution in [0.4, 0.5) is 4.79 Å². The van der Waals surface area contributed by atoms with Gasteiger partial charge >= 0.3 is 18.0 Å². The standard InChI is InChI=1S/C22H19N5O5S/c1-2-31-21(29)16-14(26-22(30)27-17(16)13-7-4-3-5-8-13)11-32-20(28)15-12-33-19(25-15)18-23-9-6-10-24-18/h3-10,12,17H,2,11H2,1H3,(H2,26,27,30). The van der Waals surface area contributed by atoms with E-state index in [1.54, 1.807) is 49.6 Å². The molecule has 0 saturated carbocycles. The SMILES string of the molecule is CCOC(=O)C1=C(COC(=O)c2csc(-c3ncccn3)n2)NC(=O)NC1c1ccccc1. The van der Waals surface area contributed by atoms with Gasteiger partial charge in [-0.15, -0.1) is 11.3 Å². The summed E-state index contributed by atoms with van der Waals surface area (Å²) in [5.41, 5.74) is 1.06. The maximum absolute atomic E-state index is 12.7. The number of benzene rings is 1. The Bertz CT molecular complexity index is 1200. The molecule has 2 N–H and O–H groups in total. The van der Waals surface area contributed by atoms with Crippen LogP contribution in [0.3, 0.4) is 0 Å². The molecule has 0 spiro atoms. The molecule has 1 aliphatic rings. The fourth-order valence-electron chi connectivity index (χ4n) is 3.17. The van der Waals surface area contributed by atoms with Gasteiger partial charge in [-0.3, -0.25) is 0 Å². The molecular formula is C22H19N5O5S. The van der Waals surface area contributed by atoms with Crippen molar-refractivity contribution in [2.75, 3.05) is 13.2 Å². The number of hydrogen-bond donors (Lipinski definition) is 2. The Labute approximate surface area is 192 Å². The zero-order valence-corrected chi connectivity index (χ0v) is 18.3. The Morgan fingerprint density at radius 2 is 1.82 bits per heavy atom. The van der Waals surface area contributed by atoms with Crippen molar-refractivity contribution in [3.8, 4) is 10.8 Å². The number of nitrogens with one attached hydrogen (secondary N) is 2. The average Bonchev–Trinajstić information content (AvgIpc) is 3.34. The van der Waals surface area contributed by atoms with Crippen molar-refractivity contribution in [1.29, 1.82) is 0 Å². The van der Waals surface area contributed by atoms with Gasteiger partial charge in [0.1, 0.15) is 6.61 Å². The van der Waals surface area contributed by atoms with Gasteiger partial charge in [0.25, 0.3) is 0 Å². The van der Waals surface area contributed by atoms with Gasteiger partial charge in [-0.05, 0) is 18.6 Å². The summed E-state index contributed by atoms with van der Waals surface area (Å²) in [7, 11) is 0. The first-order valence-electron chi connectivity index (χ1n) is 9.99. The van der Waals surface area contributed by atoms with E-state index in [2.05, 4.69) is 25.6 Å². The molecule has 4 rings (SSSR count). The van der Waals surface area contributed by atoms with E-state index in [1.165, 1.54) is 16.7 Å². The topological polar surface area (TPSA) is 132 Å². The summed E-state index contributed by atoms with van der Waals surface area (Å²) in [4.78, 5) is 50.0. The van der Waals surface area contributed by atoms with Gasteiger partial charge < -0.3 is 20.1 Å². The van der Waals surface area contributed by atoms with Crippen molar-refractivity contribution < 1.29 is 23.9 Å². The minimum Gasteiger partial charge on any atom is -0.463 e. The van der Waals surface area contributed by atoms with Gasteiger partial charge in [-0.1, -0.05) is 30.3 Å². The summed E-state index contributed by atoms with van der Waals surface area (Å²) in [5, 5.41) is 7.27. The van der Waals surface area contributed by atoms with Crippen molar-refractivity contribution in [2.24, 2.45) is 0 Å². The van der Waals surface area contributed by atoms with Crippen LogP contribution in [0, 0.1) is 0 Å². The van der Waals surface area contributed by atoms with Gasteiger partial charge in [0.15, 0.2) is 16.5 Å². The molecule has 0 aliphatic carbocycles. The van der Waals surface area contributed by atoms with Crippen molar-refractivity contribution in [3.63, 3.8) is 0 Å². The molecule has 1 aliphatic heterocycles. The monoisotopic (exact) mass is 465 g/mol. The number of thiazole rings is 1. The number of ether oxygens (including phenoxy) is 2. The van der Waals surface area contributed by atoms with E-state index in [-0.39, 0.29) is 30.2 Å². The lowest BCUT2D eigenvalue weighted by molar-refractivity contribution is -0.139. The number of rotatable bonds is 7. The average molecular weight is 465 g/mol. The van der Waals surface area contributed by atoms with Crippen LogP contribution < -0.4 is 10.6 Å². The van der Waals surface area contributed by atoms with E-state index >= 15 is 0 Å². The molecule has 0 radical (unpaired) electrons. The Kier molecular flexibility index (Phi) is 6.69. The molecule has 168 valence electrons. The first-order valence-corrected chi connectivity index (χ1v) is 10.9. The third-order valence-corrected chi connectivity index (χ3v) is 5.44. The molecule has 33 heavy (non-hydrogen) atoms. The Hall–Kier alpha value is -4.12. The zero-order chi connectivity index (χ0) is 23.2. The van der Waals surface area contributed by atoms with Crippen LogP contribution >= 0.6 is 11.3 Å². The van der Waals surface area contributed by atoms with Gasteiger partial charge in [-0.25, -0.2) is 29.3 Å². The van der Waals surface area contributed by atoms with E-state index < -0.39 is 24.0 Å². The number of carbonyl (C=O) groups is 3. The lowest BCUT2D eigenvalue weighted by Gasteiger charge is -2.29. The van der Waals surface area contributed by atoms with Crippen LogP contribution in [-0.4, -0.2) is 46.1 Å². The van der Waals surface area contributed by atoms with E-state index in [4.69, 9.17) is 9.47 Å². The van der Waals surface area contributed by atoms with Crippen molar-refractivity contribution in [2.45, 2.75) is 13.0 Å². The Morgan fingerprint density at radius 3 is 2.55 bits per heavy atom. The third-order valence-electron chi connectivity index (χ3n) is 4.60. The predicted molar refractivity (Wildman–Crippen MR) is 118 cm³/mol. The molecule has 0 fully saturated rings. The van der Waals surface area contributed by atoms with Crippen LogP contribution in [0.5, 0.6) is 0 Å². The number of aromatic nitrogens is 3. The van der Waals surface area contributed by atoms with Crippen molar-refractivity contribution >= 4 is 29.3 Å². The van der Waals surface area contributed by atoms with Gasteiger partial charge in [0.05, 0.1) is 23.9 Å². The predicted octanol–water partition coefficient (Wildman–Crippen LogP) is 2.63. The number of nitrogens with zero attached hydrogens (tertiary/aromatic N) is 3. The fraction of sp³-hybridized carbons (Fsp3) is 0.182. The number of carbonyl (C=O) groups excluding carboxylic acids is 3. The first-order chi connectivity index (χ1) is 16.1. The number of hydrogen-bond acceptors (Lipinski definition) is 9. The highest BCUT2D eigenvalue weighted by molar-refractivity contribution is 7.13.